The maximum Gasteiger partial charge on any atom is 0.412 e. The number of anilines is 1. The van der Waals surface area contributed by atoms with Gasteiger partial charge in [0.15, 0.2) is 6.29 Å². The van der Waals surface area contributed by atoms with E-state index in [4.69, 9.17) is 25.1 Å². The molecule has 0 aliphatic carbocycles. The Labute approximate surface area is 232 Å². The SMILES string of the molecule is CC(C)(C)OC(=O)[C@](N)(OC(c1ccccc1)c1ccccc1)C(C=O)OC(=O)Nc1ccc(CC(=O)O)cc1. The predicted octanol–water partition coefficient (Wildman–Crippen LogP) is 4.23. The van der Waals surface area contributed by atoms with E-state index in [-0.39, 0.29) is 18.4 Å². The number of carboxylic acid groups (broad SMARTS) is 1. The predicted molar refractivity (Wildman–Crippen MR) is 146 cm³/mol. The first-order chi connectivity index (χ1) is 18.9. The van der Waals surface area contributed by atoms with Gasteiger partial charge in [0.05, 0.1) is 6.42 Å². The van der Waals surface area contributed by atoms with Gasteiger partial charge in [-0.25, -0.2) is 9.59 Å². The minimum Gasteiger partial charge on any atom is -0.481 e. The molecule has 0 aliphatic heterocycles. The summed E-state index contributed by atoms with van der Waals surface area (Å²) < 4.78 is 17.0. The second kappa shape index (κ2) is 13.0. The number of amides is 1. The van der Waals surface area contributed by atoms with E-state index in [9.17, 15) is 19.2 Å². The summed E-state index contributed by atoms with van der Waals surface area (Å²) in [6, 6.07) is 23.8. The number of hydrogen-bond acceptors (Lipinski definition) is 8. The third-order valence-electron chi connectivity index (χ3n) is 5.57. The van der Waals surface area contributed by atoms with Crippen molar-refractivity contribution in [2.45, 2.75) is 50.7 Å². The highest BCUT2D eigenvalue weighted by atomic mass is 16.6. The Morgan fingerprint density at radius 2 is 1.43 bits per heavy atom. The van der Waals surface area contributed by atoms with Gasteiger partial charge >= 0.3 is 18.0 Å². The van der Waals surface area contributed by atoms with Gasteiger partial charge in [0.25, 0.3) is 5.72 Å². The maximum absolute atomic E-state index is 13.5. The van der Waals surface area contributed by atoms with Crippen LogP contribution in [0.1, 0.15) is 43.6 Å². The molecule has 40 heavy (non-hydrogen) atoms. The van der Waals surface area contributed by atoms with Crippen molar-refractivity contribution in [3.05, 3.63) is 102 Å². The number of esters is 1. The fourth-order valence-electron chi connectivity index (χ4n) is 3.73. The lowest BCUT2D eigenvalue weighted by atomic mass is 9.99. The first-order valence-corrected chi connectivity index (χ1v) is 12.4. The lowest BCUT2D eigenvalue weighted by Crippen LogP contribution is -2.63. The van der Waals surface area contributed by atoms with Gasteiger partial charge in [-0.2, -0.15) is 0 Å². The molecule has 0 fully saturated rings. The van der Waals surface area contributed by atoms with Crippen molar-refractivity contribution in [2.24, 2.45) is 5.73 Å². The smallest absolute Gasteiger partial charge is 0.412 e. The Bertz CT molecular complexity index is 1270. The molecule has 0 spiro atoms. The van der Waals surface area contributed by atoms with E-state index in [2.05, 4.69) is 5.32 Å². The Hall–Kier alpha value is -4.54. The maximum atomic E-state index is 13.5. The number of nitrogens with one attached hydrogen (secondary N) is 1. The fraction of sp³-hybridized carbons (Fsp3) is 0.267. The topological polar surface area (TPSA) is 154 Å². The van der Waals surface area contributed by atoms with Gasteiger partial charge in [0.2, 0.25) is 6.10 Å². The highest BCUT2D eigenvalue weighted by Gasteiger charge is 2.51. The third kappa shape index (κ3) is 8.23. The van der Waals surface area contributed by atoms with E-state index >= 15 is 0 Å². The van der Waals surface area contributed by atoms with E-state index < -0.39 is 41.6 Å². The Morgan fingerprint density at radius 1 is 0.900 bits per heavy atom. The van der Waals surface area contributed by atoms with Crippen molar-refractivity contribution in [1.29, 1.82) is 0 Å². The molecule has 2 atom stereocenters. The van der Waals surface area contributed by atoms with Crippen LogP contribution >= 0.6 is 0 Å². The van der Waals surface area contributed by atoms with E-state index in [1.807, 2.05) is 12.1 Å². The molecule has 3 rings (SSSR count). The van der Waals surface area contributed by atoms with Crippen molar-refractivity contribution < 1.29 is 38.5 Å². The average Bonchev–Trinajstić information content (AvgIpc) is 2.91. The zero-order valence-electron chi connectivity index (χ0n) is 22.4. The van der Waals surface area contributed by atoms with E-state index in [0.29, 0.717) is 16.7 Å². The summed E-state index contributed by atoms with van der Waals surface area (Å²) in [7, 11) is 0. The molecule has 0 aliphatic rings. The monoisotopic (exact) mass is 548 g/mol. The normalized spacial score (nSPS) is 13.5. The van der Waals surface area contributed by atoms with E-state index in [1.54, 1.807) is 69.3 Å². The number of hydrogen-bond donors (Lipinski definition) is 3. The number of aldehydes is 1. The van der Waals surface area contributed by atoms with Gasteiger partial charge in [-0.15, -0.1) is 0 Å². The number of benzene rings is 3. The van der Waals surface area contributed by atoms with Crippen molar-refractivity contribution >= 4 is 30.0 Å². The van der Waals surface area contributed by atoms with Crippen LogP contribution in [0, 0.1) is 0 Å². The molecule has 0 saturated carbocycles. The fourth-order valence-corrected chi connectivity index (χ4v) is 3.73. The summed E-state index contributed by atoms with van der Waals surface area (Å²) in [5.41, 5.74) is 4.98. The summed E-state index contributed by atoms with van der Waals surface area (Å²) in [6.07, 6.45) is -3.93. The summed E-state index contributed by atoms with van der Waals surface area (Å²) in [5, 5.41) is 11.4. The van der Waals surface area contributed by atoms with Crippen LogP contribution in [0.5, 0.6) is 0 Å². The molecule has 0 radical (unpaired) electrons. The second-order valence-corrected chi connectivity index (χ2v) is 9.97. The molecule has 1 unspecified atom stereocenters. The van der Waals surface area contributed by atoms with E-state index in [0.717, 1.165) is 0 Å². The molecule has 210 valence electrons. The van der Waals surface area contributed by atoms with Crippen molar-refractivity contribution in [3.8, 4) is 0 Å². The van der Waals surface area contributed by atoms with Crippen LogP contribution in [0.25, 0.3) is 0 Å². The zero-order valence-corrected chi connectivity index (χ0v) is 22.4. The molecule has 10 nitrogen and oxygen atoms in total. The van der Waals surface area contributed by atoms with Crippen molar-refractivity contribution in [1.82, 2.24) is 0 Å². The number of carboxylic acids is 1. The summed E-state index contributed by atoms with van der Waals surface area (Å²) >= 11 is 0. The minimum atomic E-state index is -2.55. The first-order valence-electron chi connectivity index (χ1n) is 12.4. The van der Waals surface area contributed by atoms with Gasteiger partial charge in [0, 0.05) is 5.69 Å². The molecule has 4 N–H and O–H groups in total. The summed E-state index contributed by atoms with van der Waals surface area (Å²) in [5.74, 6) is -2.11. The summed E-state index contributed by atoms with van der Waals surface area (Å²) in [6.45, 7) is 4.86. The number of carbonyl (C=O) groups excluding carboxylic acids is 3. The van der Waals surface area contributed by atoms with E-state index in [1.165, 1.54) is 24.3 Å². The molecule has 0 saturated heterocycles. The van der Waals surface area contributed by atoms with Gasteiger partial charge in [-0.1, -0.05) is 72.8 Å². The number of nitrogens with two attached hydrogens (primary N) is 1. The third-order valence-corrected chi connectivity index (χ3v) is 5.57. The molecule has 0 bridgehead atoms. The van der Waals surface area contributed by atoms with Crippen LogP contribution in [-0.2, 0) is 35.0 Å². The number of aliphatic carboxylic acids is 1. The average molecular weight is 549 g/mol. The standard InChI is InChI=1S/C30H32N2O8/c1-29(2,3)40-27(36)30(31,39-26(21-10-6-4-7-11-21)22-12-8-5-9-13-22)24(19-33)38-28(37)32-23-16-14-20(15-17-23)18-25(34)35/h4-17,19,24,26H,18,31H2,1-3H3,(H,32,37)(H,34,35)/t24?,30-/m1/s1. The highest BCUT2D eigenvalue weighted by molar-refractivity contribution is 5.89. The number of carbonyl (C=O) groups is 4. The molecule has 10 heteroatoms. The van der Waals surface area contributed by atoms with Gasteiger partial charge < -0.3 is 19.3 Å². The van der Waals surface area contributed by atoms with Gasteiger partial charge in [0.1, 0.15) is 11.7 Å². The van der Waals surface area contributed by atoms with Crippen molar-refractivity contribution in [2.75, 3.05) is 5.32 Å². The van der Waals surface area contributed by atoms with Gasteiger partial charge in [-0.3, -0.25) is 20.6 Å². The molecule has 0 heterocycles. The van der Waals surface area contributed by atoms with Crippen LogP contribution in [0.2, 0.25) is 0 Å². The Morgan fingerprint density at radius 3 is 1.88 bits per heavy atom. The van der Waals surface area contributed by atoms with Gasteiger partial charge in [-0.05, 0) is 49.6 Å². The zero-order chi connectivity index (χ0) is 29.3. The molecule has 3 aromatic rings. The van der Waals surface area contributed by atoms with Crippen LogP contribution in [0.4, 0.5) is 10.5 Å². The lowest BCUT2D eigenvalue weighted by Gasteiger charge is -2.37. The number of ether oxygens (including phenoxy) is 3. The lowest BCUT2D eigenvalue weighted by molar-refractivity contribution is -0.204. The minimum absolute atomic E-state index is 0.190. The largest absolute Gasteiger partial charge is 0.481 e. The van der Waals surface area contributed by atoms with Crippen LogP contribution in [0.15, 0.2) is 84.9 Å². The molecule has 3 aromatic carbocycles. The van der Waals surface area contributed by atoms with Crippen LogP contribution in [0.3, 0.4) is 0 Å². The molecule has 0 aromatic heterocycles. The Kier molecular flexibility index (Phi) is 9.76. The highest BCUT2D eigenvalue weighted by Crippen LogP contribution is 2.32. The second-order valence-electron chi connectivity index (χ2n) is 9.97. The first kappa shape index (κ1) is 30.0. The summed E-state index contributed by atoms with van der Waals surface area (Å²) in [4.78, 5) is 49.4. The number of rotatable bonds is 11. The van der Waals surface area contributed by atoms with Crippen molar-refractivity contribution in [3.63, 3.8) is 0 Å². The molecular formula is C30H32N2O8. The Balaban J connectivity index is 1.92. The molecular weight excluding hydrogens is 516 g/mol. The van der Waals surface area contributed by atoms with Crippen LogP contribution < -0.4 is 11.1 Å². The van der Waals surface area contributed by atoms with Crippen LogP contribution in [-0.4, -0.2) is 46.9 Å². The quantitative estimate of drug-likeness (QED) is 0.181. The molecule has 1 amide bonds.